The molecular formula is C18H20ClN2O4+. The molecule has 0 amide bonds. The summed E-state index contributed by atoms with van der Waals surface area (Å²) in [5, 5.41) is 11.8. The minimum Gasteiger partial charge on any atom is -0.493 e. The fraction of sp³-hybridized carbons (Fsp3) is 0.333. The van der Waals surface area contributed by atoms with Crippen LogP contribution in [0.25, 0.3) is 0 Å². The first-order valence-corrected chi connectivity index (χ1v) is 8.39. The van der Waals surface area contributed by atoms with Crippen molar-refractivity contribution in [2.24, 2.45) is 0 Å². The summed E-state index contributed by atoms with van der Waals surface area (Å²) in [4.78, 5) is 12.2. The molecule has 1 aliphatic rings. The Labute approximate surface area is 151 Å². The fourth-order valence-corrected chi connectivity index (χ4v) is 3.52. The molecule has 7 heteroatoms. The van der Waals surface area contributed by atoms with Crippen LogP contribution in [0, 0.1) is 10.1 Å². The molecule has 0 saturated carbocycles. The average molecular weight is 364 g/mol. The highest BCUT2D eigenvalue weighted by molar-refractivity contribution is 6.30. The van der Waals surface area contributed by atoms with E-state index >= 15 is 0 Å². The number of quaternary nitrogens is 1. The molecule has 2 aromatic carbocycles. The summed E-state index contributed by atoms with van der Waals surface area (Å²) < 4.78 is 10.7. The van der Waals surface area contributed by atoms with Crippen molar-refractivity contribution in [1.29, 1.82) is 0 Å². The Hall–Kier alpha value is -2.31. The van der Waals surface area contributed by atoms with E-state index in [0.29, 0.717) is 22.9 Å². The predicted octanol–water partition coefficient (Wildman–Crippen LogP) is 2.41. The van der Waals surface area contributed by atoms with Gasteiger partial charge < -0.3 is 14.4 Å². The second-order valence-corrected chi connectivity index (χ2v) is 6.55. The van der Waals surface area contributed by atoms with E-state index in [0.717, 1.165) is 25.3 Å². The highest BCUT2D eigenvalue weighted by Crippen LogP contribution is 2.31. The number of hydrogen-bond donors (Lipinski definition) is 1. The molecule has 0 spiro atoms. The summed E-state index contributed by atoms with van der Waals surface area (Å²) in [5.41, 5.74) is 3.21. The van der Waals surface area contributed by atoms with Crippen molar-refractivity contribution in [1.82, 2.24) is 0 Å². The van der Waals surface area contributed by atoms with Gasteiger partial charge in [-0.15, -0.1) is 0 Å². The number of methoxy groups -OCH3 is 2. The number of nitrogens with zero attached hydrogens (tertiary/aromatic N) is 1. The SMILES string of the molecule is COc1cc2c(cc1OC)C[NH+](Cc1cc(Cl)ccc1[N+](=O)[O-])CC2. The molecule has 1 atom stereocenters. The highest BCUT2D eigenvalue weighted by atomic mass is 35.5. The van der Waals surface area contributed by atoms with E-state index in [1.807, 2.05) is 12.1 Å². The minimum absolute atomic E-state index is 0.120. The lowest BCUT2D eigenvalue weighted by molar-refractivity contribution is -0.929. The van der Waals surface area contributed by atoms with Gasteiger partial charge in [0.2, 0.25) is 0 Å². The van der Waals surface area contributed by atoms with Crippen LogP contribution in [0.2, 0.25) is 5.02 Å². The molecule has 1 unspecified atom stereocenters. The molecule has 0 bridgehead atoms. The van der Waals surface area contributed by atoms with Gasteiger partial charge in [0.25, 0.3) is 5.69 Å². The van der Waals surface area contributed by atoms with Crippen LogP contribution in [-0.2, 0) is 19.5 Å². The Bertz CT molecular complexity index is 810. The van der Waals surface area contributed by atoms with Gasteiger partial charge >= 0.3 is 0 Å². The van der Waals surface area contributed by atoms with Crippen molar-refractivity contribution < 1.29 is 19.3 Å². The molecule has 3 rings (SSSR count). The van der Waals surface area contributed by atoms with Gasteiger partial charge in [-0.25, -0.2) is 0 Å². The molecule has 0 aromatic heterocycles. The van der Waals surface area contributed by atoms with Gasteiger partial charge in [0, 0.05) is 23.1 Å². The molecule has 1 N–H and O–H groups in total. The van der Waals surface area contributed by atoms with Gasteiger partial charge in [0.15, 0.2) is 11.5 Å². The maximum atomic E-state index is 11.2. The lowest BCUT2D eigenvalue weighted by Gasteiger charge is -2.27. The van der Waals surface area contributed by atoms with Crippen molar-refractivity contribution in [3.05, 3.63) is 62.2 Å². The smallest absolute Gasteiger partial charge is 0.278 e. The molecule has 1 heterocycles. The third kappa shape index (κ3) is 3.70. The summed E-state index contributed by atoms with van der Waals surface area (Å²) >= 11 is 6.03. The first kappa shape index (κ1) is 17.5. The van der Waals surface area contributed by atoms with E-state index in [9.17, 15) is 10.1 Å². The number of nitrogens with one attached hydrogen (secondary N) is 1. The van der Waals surface area contributed by atoms with Crippen LogP contribution in [0.4, 0.5) is 5.69 Å². The van der Waals surface area contributed by atoms with E-state index in [-0.39, 0.29) is 10.6 Å². The number of hydrogen-bond acceptors (Lipinski definition) is 4. The lowest BCUT2D eigenvalue weighted by Crippen LogP contribution is -3.10. The maximum Gasteiger partial charge on any atom is 0.278 e. The number of ether oxygens (including phenoxy) is 2. The number of halogens is 1. The van der Waals surface area contributed by atoms with Crippen molar-refractivity contribution in [3.8, 4) is 11.5 Å². The fourth-order valence-electron chi connectivity index (χ4n) is 3.32. The molecule has 132 valence electrons. The Balaban J connectivity index is 1.84. The van der Waals surface area contributed by atoms with Crippen LogP contribution in [0.15, 0.2) is 30.3 Å². The number of nitro benzene ring substituents is 1. The molecule has 6 nitrogen and oxygen atoms in total. The van der Waals surface area contributed by atoms with Gasteiger partial charge in [-0.1, -0.05) is 11.6 Å². The predicted molar refractivity (Wildman–Crippen MR) is 94.6 cm³/mol. The minimum atomic E-state index is -0.350. The second-order valence-electron chi connectivity index (χ2n) is 6.11. The number of benzene rings is 2. The van der Waals surface area contributed by atoms with Gasteiger partial charge in [0.1, 0.15) is 13.1 Å². The van der Waals surface area contributed by atoms with E-state index in [2.05, 4.69) is 0 Å². The summed E-state index contributed by atoms with van der Waals surface area (Å²) in [6.07, 6.45) is 0.888. The molecule has 0 fully saturated rings. The molecule has 0 saturated heterocycles. The van der Waals surface area contributed by atoms with E-state index in [1.54, 1.807) is 26.4 Å². The van der Waals surface area contributed by atoms with Crippen molar-refractivity contribution in [2.75, 3.05) is 20.8 Å². The van der Waals surface area contributed by atoms with Gasteiger partial charge in [-0.3, -0.25) is 10.1 Å². The van der Waals surface area contributed by atoms with E-state index < -0.39 is 0 Å². The topological polar surface area (TPSA) is 66.0 Å². The monoisotopic (exact) mass is 363 g/mol. The number of rotatable bonds is 5. The van der Waals surface area contributed by atoms with Crippen LogP contribution in [-0.4, -0.2) is 25.7 Å². The summed E-state index contributed by atoms with van der Waals surface area (Å²) in [6, 6.07) is 8.74. The second kappa shape index (κ2) is 7.29. The Morgan fingerprint density at radius 1 is 1.16 bits per heavy atom. The number of fused-ring (bicyclic) bond motifs is 1. The van der Waals surface area contributed by atoms with Gasteiger partial charge in [-0.2, -0.15) is 0 Å². The first-order chi connectivity index (χ1) is 12.0. The van der Waals surface area contributed by atoms with Crippen LogP contribution in [0.5, 0.6) is 11.5 Å². The Morgan fingerprint density at radius 2 is 1.84 bits per heavy atom. The zero-order valence-electron chi connectivity index (χ0n) is 14.2. The van der Waals surface area contributed by atoms with Gasteiger partial charge in [-0.05, 0) is 29.8 Å². The summed E-state index contributed by atoms with van der Waals surface area (Å²) in [6.45, 7) is 2.23. The zero-order valence-corrected chi connectivity index (χ0v) is 14.9. The summed E-state index contributed by atoms with van der Waals surface area (Å²) in [7, 11) is 3.25. The molecule has 0 aliphatic carbocycles. The third-order valence-corrected chi connectivity index (χ3v) is 4.81. The standard InChI is InChI=1S/C18H19ClN2O4/c1-24-17-8-12-5-6-20(10-13(12)9-18(17)25-2)11-14-7-15(19)3-4-16(14)21(22)23/h3-4,7-9H,5-6,10-11H2,1-2H3/p+1. The normalized spacial score (nSPS) is 16.2. The van der Waals surface area contributed by atoms with E-state index in [1.165, 1.54) is 22.1 Å². The van der Waals surface area contributed by atoms with Crippen molar-refractivity contribution in [3.63, 3.8) is 0 Å². The molecule has 25 heavy (non-hydrogen) atoms. The Morgan fingerprint density at radius 3 is 2.48 bits per heavy atom. The molecule has 2 aromatic rings. The van der Waals surface area contributed by atoms with E-state index in [4.69, 9.17) is 21.1 Å². The molecule has 0 radical (unpaired) electrons. The Kier molecular flexibility index (Phi) is 5.11. The molecule has 1 aliphatic heterocycles. The van der Waals surface area contributed by atoms with Crippen LogP contribution in [0.1, 0.15) is 16.7 Å². The third-order valence-electron chi connectivity index (χ3n) is 4.57. The molecular weight excluding hydrogens is 344 g/mol. The van der Waals surface area contributed by atoms with Crippen LogP contribution >= 0.6 is 11.6 Å². The average Bonchev–Trinajstić information content (AvgIpc) is 2.60. The summed E-state index contributed by atoms with van der Waals surface area (Å²) in [5.74, 6) is 1.44. The quantitative estimate of drug-likeness (QED) is 0.654. The first-order valence-electron chi connectivity index (χ1n) is 8.02. The van der Waals surface area contributed by atoms with Crippen molar-refractivity contribution in [2.45, 2.75) is 19.5 Å². The highest BCUT2D eigenvalue weighted by Gasteiger charge is 2.25. The van der Waals surface area contributed by atoms with Crippen LogP contribution in [0.3, 0.4) is 0 Å². The lowest BCUT2D eigenvalue weighted by atomic mass is 9.98. The largest absolute Gasteiger partial charge is 0.493 e. The van der Waals surface area contributed by atoms with Gasteiger partial charge in [0.05, 0.1) is 31.3 Å². The van der Waals surface area contributed by atoms with Crippen molar-refractivity contribution >= 4 is 17.3 Å². The maximum absolute atomic E-state index is 11.2. The number of nitro groups is 1. The zero-order chi connectivity index (χ0) is 18.0. The van der Waals surface area contributed by atoms with Crippen LogP contribution < -0.4 is 14.4 Å².